The molecule has 0 aliphatic carbocycles. The second-order valence-electron chi connectivity index (χ2n) is 4.74. The Morgan fingerprint density at radius 3 is 2.52 bits per heavy atom. The highest BCUT2D eigenvalue weighted by atomic mass is 16.5. The summed E-state index contributed by atoms with van der Waals surface area (Å²) in [6, 6.07) is 12.5. The summed E-state index contributed by atoms with van der Waals surface area (Å²) in [4.78, 5) is 11.7. The van der Waals surface area contributed by atoms with Crippen LogP contribution in [0.3, 0.4) is 0 Å². The smallest absolute Gasteiger partial charge is 0.407 e. The average molecular weight is 317 g/mol. The standard InChI is InChI=1S/C17H19NO5/c1-21-13-8-15(19)14(16(9-13)22-2)10-18-17(20)23-11-12-6-4-3-5-7-12/h3-9,19H,10-11H2,1-2H3,(H,18,20). The molecule has 2 aromatic rings. The summed E-state index contributed by atoms with van der Waals surface area (Å²) in [6.45, 7) is 0.255. The Labute approximate surface area is 134 Å². The van der Waals surface area contributed by atoms with Crippen molar-refractivity contribution in [2.75, 3.05) is 14.2 Å². The molecule has 0 radical (unpaired) electrons. The van der Waals surface area contributed by atoms with Crippen LogP contribution in [0.2, 0.25) is 0 Å². The van der Waals surface area contributed by atoms with Crippen molar-refractivity contribution < 1.29 is 24.1 Å². The molecule has 1 amide bonds. The van der Waals surface area contributed by atoms with Crippen molar-refractivity contribution in [2.24, 2.45) is 0 Å². The van der Waals surface area contributed by atoms with Crippen LogP contribution in [0.5, 0.6) is 17.2 Å². The second-order valence-corrected chi connectivity index (χ2v) is 4.74. The maximum atomic E-state index is 11.7. The van der Waals surface area contributed by atoms with Crippen LogP contribution in [0.15, 0.2) is 42.5 Å². The van der Waals surface area contributed by atoms with Gasteiger partial charge in [0.1, 0.15) is 23.9 Å². The molecule has 0 bridgehead atoms. The van der Waals surface area contributed by atoms with E-state index in [1.807, 2.05) is 30.3 Å². The van der Waals surface area contributed by atoms with Crippen molar-refractivity contribution in [1.82, 2.24) is 5.32 Å². The van der Waals surface area contributed by atoms with Crippen molar-refractivity contribution in [3.8, 4) is 17.2 Å². The third-order valence-corrected chi connectivity index (χ3v) is 3.24. The monoisotopic (exact) mass is 317 g/mol. The molecule has 23 heavy (non-hydrogen) atoms. The number of amides is 1. The summed E-state index contributed by atoms with van der Waals surface area (Å²) in [5.41, 5.74) is 1.34. The van der Waals surface area contributed by atoms with E-state index in [0.717, 1.165) is 5.56 Å². The molecule has 0 unspecified atom stereocenters. The molecular formula is C17H19NO5. The van der Waals surface area contributed by atoms with Crippen LogP contribution in [0.1, 0.15) is 11.1 Å². The van der Waals surface area contributed by atoms with Gasteiger partial charge in [-0.15, -0.1) is 0 Å². The summed E-state index contributed by atoms with van der Waals surface area (Å²) in [7, 11) is 2.97. The predicted octanol–water partition coefficient (Wildman–Crippen LogP) is 2.84. The Hall–Kier alpha value is -2.89. The first-order valence-electron chi connectivity index (χ1n) is 7.02. The molecule has 2 aromatic carbocycles. The van der Waals surface area contributed by atoms with E-state index >= 15 is 0 Å². The van der Waals surface area contributed by atoms with Crippen molar-refractivity contribution in [1.29, 1.82) is 0 Å². The lowest BCUT2D eigenvalue weighted by molar-refractivity contribution is 0.139. The number of hydrogen-bond acceptors (Lipinski definition) is 5. The minimum absolute atomic E-state index is 0.0236. The van der Waals surface area contributed by atoms with E-state index in [4.69, 9.17) is 14.2 Å². The van der Waals surface area contributed by atoms with Crippen molar-refractivity contribution in [3.05, 3.63) is 53.6 Å². The Morgan fingerprint density at radius 2 is 1.87 bits per heavy atom. The molecule has 0 saturated carbocycles. The van der Waals surface area contributed by atoms with Gasteiger partial charge in [0.05, 0.1) is 26.3 Å². The predicted molar refractivity (Wildman–Crippen MR) is 84.7 cm³/mol. The number of aromatic hydroxyl groups is 1. The average Bonchev–Trinajstić information content (AvgIpc) is 2.59. The van der Waals surface area contributed by atoms with E-state index in [1.165, 1.54) is 20.3 Å². The van der Waals surface area contributed by atoms with Gasteiger partial charge in [0.25, 0.3) is 0 Å². The fourth-order valence-electron chi connectivity index (χ4n) is 2.02. The number of phenolic OH excluding ortho intramolecular Hbond substituents is 1. The van der Waals surface area contributed by atoms with Crippen LogP contribution in [-0.4, -0.2) is 25.4 Å². The van der Waals surface area contributed by atoms with Gasteiger partial charge >= 0.3 is 6.09 Å². The number of hydrogen-bond donors (Lipinski definition) is 2. The summed E-state index contributed by atoms with van der Waals surface area (Å²) < 4.78 is 15.4. The largest absolute Gasteiger partial charge is 0.507 e. The number of nitrogens with one attached hydrogen (secondary N) is 1. The molecule has 0 aliphatic heterocycles. The summed E-state index contributed by atoms with van der Waals surface area (Å²) >= 11 is 0. The van der Waals surface area contributed by atoms with E-state index in [2.05, 4.69) is 5.32 Å². The van der Waals surface area contributed by atoms with Crippen LogP contribution in [0.25, 0.3) is 0 Å². The van der Waals surface area contributed by atoms with E-state index in [-0.39, 0.29) is 18.9 Å². The maximum absolute atomic E-state index is 11.7. The molecule has 0 fully saturated rings. The van der Waals surface area contributed by atoms with Crippen molar-refractivity contribution >= 4 is 6.09 Å². The van der Waals surface area contributed by atoms with E-state index in [0.29, 0.717) is 17.1 Å². The molecule has 0 aromatic heterocycles. The number of carbonyl (C=O) groups excluding carboxylic acids is 1. The Balaban J connectivity index is 1.93. The molecule has 0 heterocycles. The van der Waals surface area contributed by atoms with Gasteiger partial charge in [0, 0.05) is 12.1 Å². The molecule has 0 spiro atoms. The number of alkyl carbamates (subject to hydrolysis) is 1. The topological polar surface area (TPSA) is 77.0 Å². The van der Waals surface area contributed by atoms with Gasteiger partial charge in [-0.05, 0) is 5.56 Å². The number of carbonyl (C=O) groups is 1. The fourth-order valence-corrected chi connectivity index (χ4v) is 2.02. The first-order chi connectivity index (χ1) is 11.1. The first kappa shape index (κ1) is 16.5. The first-order valence-corrected chi connectivity index (χ1v) is 7.02. The number of methoxy groups -OCH3 is 2. The van der Waals surface area contributed by atoms with Gasteiger partial charge in [-0.3, -0.25) is 0 Å². The Kier molecular flexibility index (Phi) is 5.68. The second kappa shape index (κ2) is 7.93. The number of phenols is 1. The molecule has 2 N–H and O–H groups in total. The van der Waals surface area contributed by atoms with Gasteiger partial charge in [0.15, 0.2) is 0 Å². The molecular weight excluding hydrogens is 298 g/mol. The van der Waals surface area contributed by atoms with Crippen LogP contribution < -0.4 is 14.8 Å². The third-order valence-electron chi connectivity index (χ3n) is 3.24. The summed E-state index contributed by atoms with van der Waals surface area (Å²) in [5, 5.41) is 12.6. The molecule has 0 atom stereocenters. The van der Waals surface area contributed by atoms with Gasteiger partial charge in [0.2, 0.25) is 0 Å². The van der Waals surface area contributed by atoms with Crippen molar-refractivity contribution in [2.45, 2.75) is 13.2 Å². The van der Waals surface area contributed by atoms with Gasteiger partial charge in [-0.1, -0.05) is 30.3 Å². The zero-order valence-electron chi connectivity index (χ0n) is 13.0. The van der Waals surface area contributed by atoms with Crippen LogP contribution in [0, 0.1) is 0 Å². The van der Waals surface area contributed by atoms with E-state index < -0.39 is 6.09 Å². The highest BCUT2D eigenvalue weighted by Crippen LogP contribution is 2.33. The molecule has 6 nitrogen and oxygen atoms in total. The lowest BCUT2D eigenvalue weighted by atomic mass is 10.1. The molecule has 0 aliphatic rings. The minimum atomic E-state index is -0.578. The van der Waals surface area contributed by atoms with Gasteiger partial charge in [-0.25, -0.2) is 4.79 Å². The molecule has 0 saturated heterocycles. The quantitative estimate of drug-likeness (QED) is 0.856. The van der Waals surface area contributed by atoms with Gasteiger partial charge < -0.3 is 24.6 Å². The van der Waals surface area contributed by atoms with Gasteiger partial charge in [-0.2, -0.15) is 0 Å². The molecule has 6 heteroatoms. The lowest BCUT2D eigenvalue weighted by Gasteiger charge is -2.13. The Bertz CT molecular complexity index is 658. The lowest BCUT2D eigenvalue weighted by Crippen LogP contribution is -2.24. The van der Waals surface area contributed by atoms with E-state index in [1.54, 1.807) is 6.07 Å². The normalized spacial score (nSPS) is 10.0. The van der Waals surface area contributed by atoms with Crippen molar-refractivity contribution in [3.63, 3.8) is 0 Å². The van der Waals surface area contributed by atoms with Crippen LogP contribution in [-0.2, 0) is 17.9 Å². The Morgan fingerprint density at radius 1 is 1.13 bits per heavy atom. The maximum Gasteiger partial charge on any atom is 0.407 e. The summed E-state index contributed by atoms with van der Waals surface area (Å²) in [6.07, 6.45) is -0.578. The summed E-state index contributed by atoms with van der Waals surface area (Å²) in [5.74, 6) is 0.865. The zero-order chi connectivity index (χ0) is 16.7. The third kappa shape index (κ3) is 4.54. The highest BCUT2D eigenvalue weighted by Gasteiger charge is 2.13. The zero-order valence-corrected chi connectivity index (χ0v) is 13.0. The SMILES string of the molecule is COc1cc(O)c(CNC(=O)OCc2ccccc2)c(OC)c1. The number of rotatable bonds is 6. The molecule has 2 rings (SSSR count). The highest BCUT2D eigenvalue weighted by molar-refractivity contribution is 5.67. The fraction of sp³-hybridized carbons (Fsp3) is 0.235. The van der Waals surface area contributed by atoms with E-state index in [9.17, 15) is 9.90 Å². The number of ether oxygens (including phenoxy) is 3. The van der Waals surface area contributed by atoms with Crippen LogP contribution >= 0.6 is 0 Å². The number of benzene rings is 2. The molecule has 122 valence electrons. The minimum Gasteiger partial charge on any atom is -0.507 e. The van der Waals surface area contributed by atoms with Crippen LogP contribution in [0.4, 0.5) is 4.79 Å².